The number of aromatic nitrogens is 1. The summed E-state index contributed by atoms with van der Waals surface area (Å²) in [6.45, 7) is 0. The fraction of sp³-hybridized carbons (Fsp3) is 0.0625. The number of hydrogen-bond acceptors (Lipinski definition) is 2. The van der Waals surface area contributed by atoms with Crippen LogP contribution in [-0.4, -0.2) is 10.8 Å². The van der Waals surface area contributed by atoms with Gasteiger partial charge in [0.25, 0.3) is 0 Å². The topological polar surface area (TPSA) is 37.4 Å². The number of pyridine rings is 1. The minimum atomic E-state index is -4.71. The zero-order chi connectivity index (χ0) is 15.7. The van der Waals surface area contributed by atoms with E-state index in [0.29, 0.717) is 11.1 Å². The maximum Gasteiger partial charge on any atom is 0.573 e. The van der Waals surface area contributed by atoms with Crippen molar-refractivity contribution < 1.29 is 17.9 Å². The first kappa shape index (κ1) is 14.0. The third kappa shape index (κ3) is 2.61. The third-order valence-electron chi connectivity index (χ3n) is 3.18. The lowest BCUT2D eigenvalue weighted by Gasteiger charge is -2.09. The van der Waals surface area contributed by atoms with Gasteiger partial charge in [-0.25, -0.2) is 0 Å². The van der Waals surface area contributed by atoms with Crippen LogP contribution >= 0.6 is 0 Å². The minimum absolute atomic E-state index is 0.280. The molecule has 2 heterocycles. The molecule has 22 heavy (non-hydrogen) atoms. The van der Waals surface area contributed by atoms with E-state index in [0.717, 1.165) is 11.2 Å². The Morgan fingerprint density at radius 1 is 1.05 bits per heavy atom. The minimum Gasteiger partial charge on any atom is -0.406 e. The fourth-order valence-corrected chi connectivity index (χ4v) is 2.29. The van der Waals surface area contributed by atoms with Crippen LogP contribution in [-0.2, 0) is 0 Å². The van der Waals surface area contributed by atoms with E-state index in [4.69, 9.17) is 5.26 Å². The van der Waals surface area contributed by atoms with Crippen LogP contribution in [0.4, 0.5) is 13.2 Å². The van der Waals surface area contributed by atoms with Gasteiger partial charge in [-0.05, 0) is 48.0 Å². The van der Waals surface area contributed by atoms with E-state index >= 15 is 0 Å². The average molecular weight is 302 g/mol. The van der Waals surface area contributed by atoms with Gasteiger partial charge in [0.15, 0.2) is 0 Å². The number of rotatable bonds is 2. The summed E-state index contributed by atoms with van der Waals surface area (Å²) in [6, 6.07) is 14.8. The van der Waals surface area contributed by atoms with Crippen molar-refractivity contribution >= 4 is 5.52 Å². The summed E-state index contributed by atoms with van der Waals surface area (Å²) in [5.41, 5.74) is 2.67. The Hall–Kier alpha value is -2.94. The molecule has 0 unspecified atom stereocenters. The average Bonchev–Trinajstić information content (AvgIpc) is 2.85. The van der Waals surface area contributed by atoms with Gasteiger partial charge in [-0.2, -0.15) is 5.26 Å². The standard InChI is InChI=1S/C16H9F3N2O/c17-16(18,19)22-13-6-4-11(5-7-13)15-9-12(10-20)14-3-1-2-8-21(14)15/h1-9H. The zero-order valence-electron chi connectivity index (χ0n) is 11.1. The number of fused-ring (bicyclic) bond motifs is 1. The Morgan fingerprint density at radius 2 is 1.77 bits per heavy atom. The summed E-state index contributed by atoms with van der Waals surface area (Å²) < 4.78 is 42.1. The molecule has 2 aromatic heterocycles. The molecule has 1 aromatic carbocycles. The van der Waals surface area contributed by atoms with Gasteiger partial charge in [-0.3, -0.25) is 0 Å². The van der Waals surface area contributed by atoms with Crippen molar-refractivity contribution in [1.82, 2.24) is 4.40 Å². The van der Waals surface area contributed by atoms with Gasteiger partial charge in [0, 0.05) is 6.20 Å². The van der Waals surface area contributed by atoms with Gasteiger partial charge in [0.05, 0.1) is 16.8 Å². The zero-order valence-corrected chi connectivity index (χ0v) is 11.1. The lowest BCUT2D eigenvalue weighted by atomic mass is 10.1. The van der Waals surface area contributed by atoms with Crippen LogP contribution in [0.25, 0.3) is 16.8 Å². The molecule has 0 radical (unpaired) electrons. The normalized spacial score (nSPS) is 11.4. The highest BCUT2D eigenvalue weighted by Crippen LogP contribution is 2.29. The van der Waals surface area contributed by atoms with Gasteiger partial charge in [0.1, 0.15) is 11.8 Å². The molecule has 0 aliphatic rings. The van der Waals surface area contributed by atoms with Crippen molar-refractivity contribution in [2.75, 3.05) is 0 Å². The Balaban J connectivity index is 2.03. The summed E-state index contributed by atoms with van der Waals surface area (Å²) >= 11 is 0. The van der Waals surface area contributed by atoms with E-state index in [9.17, 15) is 13.2 Å². The SMILES string of the molecule is N#Cc1cc(-c2ccc(OC(F)(F)F)cc2)n2ccccc12. The molecule has 0 aliphatic carbocycles. The molecule has 0 N–H and O–H groups in total. The molecular weight excluding hydrogens is 293 g/mol. The predicted molar refractivity (Wildman–Crippen MR) is 74.2 cm³/mol. The van der Waals surface area contributed by atoms with Gasteiger partial charge in [-0.1, -0.05) is 6.07 Å². The molecule has 110 valence electrons. The number of hydrogen-bond donors (Lipinski definition) is 0. The summed E-state index contributed by atoms with van der Waals surface area (Å²) in [5.74, 6) is -0.280. The van der Waals surface area contributed by atoms with Gasteiger partial charge >= 0.3 is 6.36 Å². The van der Waals surface area contributed by atoms with Crippen molar-refractivity contribution in [2.24, 2.45) is 0 Å². The van der Waals surface area contributed by atoms with Crippen LogP contribution in [0.1, 0.15) is 5.56 Å². The van der Waals surface area contributed by atoms with E-state index in [1.165, 1.54) is 24.3 Å². The largest absolute Gasteiger partial charge is 0.573 e. The summed E-state index contributed by atoms with van der Waals surface area (Å²) in [4.78, 5) is 0. The van der Waals surface area contributed by atoms with Crippen LogP contribution < -0.4 is 4.74 Å². The first-order valence-electron chi connectivity index (χ1n) is 6.34. The molecule has 0 saturated heterocycles. The van der Waals surface area contributed by atoms with Crippen LogP contribution in [0.5, 0.6) is 5.75 Å². The molecule has 0 amide bonds. The van der Waals surface area contributed by atoms with E-state index < -0.39 is 6.36 Å². The van der Waals surface area contributed by atoms with E-state index in [1.54, 1.807) is 12.3 Å². The highest BCUT2D eigenvalue weighted by atomic mass is 19.4. The Bertz CT molecular complexity index is 858. The third-order valence-corrected chi connectivity index (χ3v) is 3.18. The number of alkyl halides is 3. The number of halogens is 3. The Morgan fingerprint density at radius 3 is 2.41 bits per heavy atom. The van der Waals surface area contributed by atoms with E-state index in [-0.39, 0.29) is 5.75 Å². The van der Waals surface area contributed by atoms with Crippen molar-refractivity contribution in [2.45, 2.75) is 6.36 Å². The molecule has 0 saturated carbocycles. The molecule has 0 atom stereocenters. The quantitative estimate of drug-likeness (QED) is 0.704. The lowest BCUT2D eigenvalue weighted by Crippen LogP contribution is -2.16. The lowest BCUT2D eigenvalue weighted by molar-refractivity contribution is -0.274. The molecule has 3 nitrogen and oxygen atoms in total. The van der Waals surface area contributed by atoms with Crippen molar-refractivity contribution in [3.8, 4) is 23.1 Å². The van der Waals surface area contributed by atoms with Crippen LogP contribution in [0, 0.1) is 11.3 Å². The summed E-state index contributed by atoms with van der Waals surface area (Å²) in [6.07, 6.45) is -2.91. The number of benzene rings is 1. The summed E-state index contributed by atoms with van der Waals surface area (Å²) in [7, 11) is 0. The van der Waals surface area contributed by atoms with Gasteiger partial charge in [0.2, 0.25) is 0 Å². The molecule has 0 bridgehead atoms. The monoisotopic (exact) mass is 302 g/mol. The van der Waals surface area contributed by atoms with Gasteiger partial charge in [-0.15, -0.1) is 13.2 Å². The maximum absolute atomic E-state index is 12.2. The molecule has 0 spiro atoms. The number of nitrogens with zero attached hydrogens (tertiary/aromatic N) is 2. The molecule has 3 aromatic rings. The highest BCUT2D eigenvalue weighted by molar-refractivity contribution is 5.74. The van der Waals surface area contributed by atoms with E-state index in [1.807, 2.05) is 22.6 Å². The van der Waals surface area contributed by atoms with Crippen LogP contribution in [0.2, 0.25) is 0 Å². The van der Waals surface area contributed by atoms with Crippen molar-refractivity contribution in [3.63, 3.8) is 0 Å². The molecule has 6 heteroatoms. The molecule has 0 aliphatic heterocycles. The molecule has 0 fully saturated rings. The fourth-order valence-electron chi connectivity index (χ4n) is 2.29. The smallest absolute Gasteiger partial charge is 0.406 e. The van der Waals surface area contributed by atoms with Crippen molar-refractivity contribution in [1.29, 1.82) is 5.26 Å². The second kappa shape index (κ2) is 5.11. The second-order valence-electron chi connectivity index (χ2n) is 4.58. The number of nitriles is 1. The second-order valence-corrected chi connectivity index (χ2v) is 4.58. The highest BCUT2D eigenvalue weighted by Gasteiger charge is 2.31. The predicted octanol–water partition coefficient (Wildman–Crippen LogP) is 4.38. The van der Waals surface area contributed by atoms with E-state index in [2.05, 4.69) is 10.8 Å². The Kier molecular flexibility index (Phi) is 3.26. The molecule has 3 rings (SSSR count). The first-order chi connectivity index (χ1) is 10.5. The Labute approximate surface area is 123 Å². The van der Waals surface area contributed by atoms with Crippen LogP contribution in [0.15, 0.2) is 54.7 Å². The van der Waals surface area contributed by atoms with Crippen molar-refractivity contribution in [3.05, 3.63) is 60.3 Å². The van der Waals surface area contributed by atoms with Crippen LogP contribution in [0.3, 0.4) is 0 Å². The first-order valence-corrected chi connectivity index (χ1v) is 6.34. The van der Waals surface area contributed by atoms with Gasteiger partial charge < -0.3 is 9.14 Å². The molecular formula is C16H9F3N2O. The maximum atomic E-state index is 12.2. The summed E-state index contributed by atoms with van der Waals surface area (Å²) in [5, 5.41) is 9.16. The number of ether oxygens (including phenoxy) is 1.